The van der Waals surface area contributed by atoms with Gasteiger partial charge in [-0.2, -0.15) is 0 Å². The number of H-pyrrole nitrogens is 1. The Labute approximate surface area is 180 Å². The van der Waals surface area contributed by atoms with E-state index in [1.807, 2.05) is 0 Å². The second-order valence-corrected chi connectivity index (χ2v) is 8.02. The Morgan fingerprint density at radius 2 is 1.83 bits per heavy atom. The van der Waals surface area contributed by atoms with E-state index < -0.39 is 18.0 Å². The van der Waals surface area contributed by atoms with Crippen LogP contribution in [0.1, 0.15) is 29.6 Å². The van der Waals surface area contributed by atoms with Gasteiger partial charge >= 0.3 is 18.0 Å². The van der Waals surface area contributed by atoms with Gasteiger partial charge in [-0.25, -0.2) is 14.6 Å². The number of aromatic carboxylic acids is 1. The largest absolute Gasteiger partial charge is 0.481 e. The maximum absolute atomic E-state index is 12.9. The average molecular weight is 447 g/mol. The van der Waals surface area contributed by atoms with Crippen molar-refractivity contribution in [1.82, 2.24) is 9.97 Å². The molecule has 0 saturated heterocycles. The molecule has 0 radical (unpaired) electrons. The molecule has 4 N–H and O–H groups in total. The number of carbonyl (C=O) groups excluding carboxylic acids is 1. The number of rotatable bonds is 8. The fourth-order valence-electron chi connectivity index (χ4n) is 2.73. The molecule has 0 aliphatic heterocycles. The molecule has 0 fully saturated rings. The van der Waals surface area contributed by atoms with Crippen LogP contribution < -0.4 is 10.2 Å². The zero-order chi connectivity index (χ0) is 21.7. The number of hydrogen-bond donors (Lipinski definition) is 4. The van der Waals surface area contributed by atoms with Crippen molar-refractivity contribution < 1.29 is 24.6 Å². The van der Waals surface area contributed by atoms with Crippen LogP contribution in [0.2, 0.25) is 0 Å². The van der Waals surface area contributed by atoms with Gasteiger partial charge in [-0.1, -0.05) is 11.3 Å². The van der Waals surface area contributed by atoms with E-state index in [0.717, 1.165) is 5.52 Å². The van der Waals surface area contributed by atoms with Gasteiger partial charge in [0.05, 0.1) is 11.1 Å². The molecule has 0 atom stereocenters. The lowest BCUT2D eigenvalue weighted by molar-refractivity contribution is -0.137. The fourth-order valence-corrected chi connectivity index (χ4v) is 3.78. The second-order valence-electron chi connectivity index (χ2n) is 6.35. The van der Waals surface area contributed by atoms with Crippen LogP contribution in [0.25, 0.3) is 10.3 Å². The van der Waals surface area contributed by atoms with Crippen molar-refractivity contribution in [3.63, 3.8) is 0 Å². The minimum Gasteiger partial charge on any atom is -0.481 e. The molecule has 30 heavy (non-hydrogen) atoms. The van der Waals surface area contributed by atoms with E-state index in [9.17, 15) is 14.4 Å². The summed E-state index contributed by atoms with van der Waals surface area (Å²) in [5.41, 5.74) is 1.31. The third kappa shape index (κ3) is 5.39. The maximum atomic E-state index is 12.9. The smallest absolute Gasteiger partial charge is 0.335 e. The first-order chi connectivity index (χ1) is 14.3. The van der Waals surface area contributed by atoms with Crippen LogP contribution in [0.5, 0.6) is 0 Å². The lowest BCUT2D eigenvalue weighted by atomic mass is 10.2. The van der Waals surface area contributed by atoms with Gasteiger partial charge in [-0.15, -0.1) is 0 Å². The normalized spacial score (nSPS) is 10.7. The van der Waals surface area contributed by atoms with E-state index in [1.54, 1.807) is 12.1 Å². The summed E-state index contributed by atoms with van der Waals surface area (Å²) in [6, 6.07) is 8.79. The highest BCUT2D eigenvalue weighted by molar-refractivity contribution is 7.73. The number of aromatic amines is 1. The van der Waals surface area contributed by atoms with Gasteiger partial charge in [0.1, 0.15) is 10.6 Å². The Kier molecular flexibility index (Phi) is 6.75. The fraction of sp³-hybridized carbons (Fsp3) is 0.211. The number of nitrogens with zero attached hydrogens (tertiary/aromatic N) is 2. The van der Waals surface area contributed by atoms with E-state index in [2.05, 4.69) is 15.3 Å². The van der Waals surface area contributed by atoms with Gasteiger partial charge < -0.3 is 20.5 Å². The molecule has 156 valence electrons. The number of anilines is 2. The molecule has 2 aromatic heterocycles. The molecule has 0 aliphatic rings. The van der Waals surface area contributed by atoms with Crippen LogP contribution in [0.3, 0.4) is 0 Å². The van der Waals surface area contributed by atoms with Crippen LogP contribution in [0.15, 0.2) is 36.4 Å². The van der Waals surface area contributed by atoms with Gasteiger partial charge in [0.2, 0.25) is 0 Å². The highest BCUT2D eigenvalue weighted by Crippen LogP contribution is 2.23. The monoisotopic (exact) mass is 446 g/mol. The molecule has 11 heteroatoms. The van der Waals surface area contributed by atoms with Crippen molar-refractivity contribution in [2.75, 3.05) is 16.8 Å². The molecule has 0 saturated carbocycles. The quantitative estimate of drug-likeness (QED) is 0.298. The number of fused-ring (bicyclic) bond motifs is 1. The van der Waals surface area contributed by atoms with Crippen molar-refractivity contribution in [2.24, 2.45) is 0 Å². The topological polar surface area (TPSA) is 136 Å². The highest BCUT2D eigenvalue weighted by Gasteiger charge is 2.18. The summed E-state index contributed by atoms with van der Waals surface area (Å²) < 4.78 is 0.575. The average Bonchev–Trinajstić information content (AvgIpc) is 3.07. The molecule has 0 spiro atoms. The van der Waals surface area contributed by atoms with Crippen LogP contribution in [0, 0.1) is 3.95 Å². The Morgan fingerprint density at radius 3 is 2.50 bits per heavy atom. The Balaban J connectivity index is 1.81. The number of aliphatic carboxylic acids is 1. The SMILES string of the molecule is O=C(O)CCCCN(C(=O)Nc1ccc(C(=O)O)cc1)c1ccc2[nH]c(=S)sc2n1. The van der Waals surface area contributed by atoms with E-state index in [1.165, 1.54) is 40.5 Å². The van der Waals surface area contributed by atoms with Gasteiger partial charge in [-0.3, -0.25) is 9.69 Å². The lowest BCUT2D eigenvalue weighted by Gasteiger charge is -2.22. The zero-order valence-corrected chi connectivity index (χ0v) is 17.3. The summed E-state index contributed by atoms with van der Waals surface area (Å²) >= 11 is 6.42. The number of aromatic nitrogens is 2. The summed E-state index contributed by atoms with van der Waals surface area (Å²) in [6.45, 7) is 0.265. The molecule has 2 heterocycles. The zero-order valence-electron chi connectivity index (χ0n) is 15.6. The van der Waals surface area contributed by atoms with Crippen LogP contribution in [0.4, 0.5) is 16.3 Å². The molecule has 0 unspecified atom stereocenters. The van der Waals surface area contributed by atoms with Gasteiger partial charge in [0.15, 0.2) is 3.95 Å². The molecule has 3 aromatic rings. The lowest BCUT2D eigenvalue weighted by Crippen LogP contribution is -2.36. The molecule has 3 rings (SSSR count). The van der Waals surface area contributed by atoms with E-state index in [0.29, 0.717) is 33.1 Å². The summed E-state index contributed by atoms with van der Waals surface area (Å²) in [5, 5.41) is 20.5. The highest BCUT2D eigenvalue weighted by atomic mass is 32.1. The number of hydrogen-bond acceptors (Lipinski definition) is 6. The van der Waals surface area contributed by atoms with Crippen LogP contribution >= 0.6 is 23.6 Å². The molecule has 1 aromatic carbocycles. The van der Waals surface area contributed by atoms with Crippen molar-refractivity contribution in [3.05, 3.63) is 45.9 Å². The third-order valence-corrected chi connectivity index (χ3v) is 5.34. The number of thiazole rings is 1. The number of carboxylic acids is 2. The number of urea groups is 1. The van der Waals surface area contributed by atoms with Crippen LogP contribution in [-0.2, 0) is 4.79 Å². The third-order valence-electron chi connectivity index (χ3n) is 4.20. The number of pyridine rings is 1. The Bertz CT molecular complexity index is 1140. The second kappa shape index (κ2) is 9.46. The van der Waals surface area contributed by atoms with Crippen molar-refractivity contribution in [2.45, 2.75) is 19.3 Å². The summed E-state index contributed by atoms with van der Waals surface area (Å²) in [4.78, 5) is 44.2. The van der Waals surface area contributed by atoms with Gasteiger partial charge in [-0.05, 0) is 61.5 Å². The first kappa shape index (κ1) is 21.4. The molecule has 2 amide bonds. The first-order valence-corrected chi connectivity index (χ1v) is 10.2. The number of carboxylic acid groups (broad SMARTS) is 2. The minimum absolute atomic E-state index is 0.0117. The molecule has 0 aliphatic carbocycles. The minimum atomic E-state index is -1.06. The predicted molar refractivity (Wildman–Crippen MR) is 116 cm³/mol. The summed E-state index contributed by atoms with van der Waals surface area (Å²) in [6.07, 6.45) is 0.899. The first-order valence-electron chi connectivity index (χ1n) is 8.97. The van der Waals surface area contributed by atoms with Crippen molar-refractivity contribution in [1.29, 1.82) is 0 Å². The number of carbonyl (C=O) groups is 3. The number of benzene rings is 1. The van der Waals surface area contributed by atoms with Crippen molar-refractivity contribution >= 4 is 63.4 Å². The summed E-state index contributed by atoms with van der Waals surface area (Å²) in [5.74, 6) is -1.54. The predicted octanol–water partition coefficient (Wildman–Crippen LogP) is 4.35. The van der Waals surface area contributed by atoms with Crippen LogP contribution in [-0.4, -0.2) is 44.7 Å². The maximum Gasteiger partial charge on any atom is 0.335 e. The standard InChI is InChI=1S/C19H18N4O5S2/c24-15(25)3-1-2-10-23(14-9-8-13-16(22-14)30-19(29)21-13)18(28)20-12-6-4-11(5-7-12)17(26)27/h4-9H,1-3,10H2,(H,20,28)(H,21,29)(H,24,25)(H,26,27). The molecule has 9 nitrogen and oxygen atoms in total. The summed E-state index contributed by atoms with van der Waals surface area (Å²) in [7, 11) is 0. The number of unbranched alkanes of at least 4 members (excludes halogenated alkanes) is 1. The molecule has 0 bridgehead atoms. The number of amides is 2. The van der Waals surface area contributed by atoms with Gasteiger partial charge in [0, 0.05) is 18.7 Å². The van der Waals surface area contributed by atoms with Crippen molar-refractivity contribution in [3.8, 4) is 0 Å². The number of nitrogens with one attached hydrogen (secondary N) is 2. The van der Waals surface area contributed by atoms with E-state index in [-0.39, 0.29) is 18.5 Å². The van der Waals surface area contributed by atoms with E-state index in [4.69, 9.17) is 22.4 Å². The van der Waals surface area contributed by atoms with E-state index >= 15 is 0 Å². The molecular formula is C19H18N4O5S2. The van der Waals surface area contributed by atoms with Gasteiger partial charge in [0.25, 0.3) is 0 Å². The Morgan fingerprint density at radius 1 is 1.10 bits per heavy atom. The Hall–Kier alpha value is -3.31. The molecular weight excluding hydrogens is 428 g/mol.